The van der Waals surface area contributed by atoms with Crippen molar-refractivity contribution in [1.82, 2.24) is 20.6 Å². The van der Waals surface area contributed by atoms with E-state index in [9.17, 15) is 14.4 Å². The fourth-order valence-corrected chi connectivity index (χ4v) is 6.89. The van der Waals surface area contributed by atoms with Crippen molar-refractivity contribution in [3.8, 4) is 22.5 Å². The van der Waals surface area contributed by atoms with Gasteiger partial charge < -0.3 is 14.4 Å². The Hall–Kier alpha value is -4.77. The molecule has 2 aliphatic heterocycles. The summed E-state index contributed by atoms with van der Waals surface area (Å²) in [4.78, 5) is 42.6. The van der Waals surface area contributed by atoms with E-state index in [2.05, 4.69) is 38.5 Å². The van der Waals surface area contributed by atoms with Gasteiger partial charge in [0, 0.05) is 17.7 Å². The maximum absolute atomic E-state index is 13.8. The van der Waals surface area contributed by atoms with E-state index < -0.39 is 24.1 Å². The van der Waals surface area contributed by atoms with Crippen LogP contribution in [-0.4, -0.2) is 50.5 Å². The Kier molecular flexibility index (Phi) is 8.28. The summed E-state index contributed by atoms with van der Waals surface area (Å²) in [6.07, 6.45) is 2.88. The quantitative estimate of drug-likeness (QED) is 0.173. The Morgan fingerprint density at radius 3 is 2.38 bits per heavy atom. The van der Waals surface area contributed by atoms with E-state index in [0.29, 0.717) is 23.6 Å². The minimum Gasteiger partial charge on any atom is -0.427 e. The number of ether oxygens (including phenoxy) is 2. The van der Waals surface area contributed by atoms with E-state index in [1.165, 1.54) is 0 Å². The van der Waals surface area contributed by atoms with E-state index >= 15 is 0 Å². The highest BCUT2D eigenvalue weighted by atomic mass is 32.2. The van der Waals surface area contributed by atoms with Crippen molar-refractivity contribution < 1.29 is 23.9 Å². The number of carbonyl (C=O) groups is 3. The summed E-state index contributed by atoms with van der Waals surface area (Å²) in [6.45, 7) is 7.19. The zero-order valence-corrected chi connectivity index (χ0v) is 26.3. The van der Waals surface area contributed by atoms with Crippen LogP contribution < -0.4 is 4.90 Å². The lowest BCUT2D eigenvalue weighted by atomic mass is 9.88. The molecule has 3 aromatic carbocycles. The number of H-pyrrole nitrogens is 1. The second-order valence-electron chi connectivity index (χ2n) is 11.9. The second kappa shape index (κ2) is 12.3. The molecule has 0 spiro atoms. The molecule has 0 aliphatic carbocycles. The van der Waals surface area contributed by atoms with Crippen LogP contribution in [0.1, 0.15) is 60.4 Å². The van der Waals surface area contributed by atoms with Gasteiger partial charge in [0.2, 0.25) is 12.6 Å². The van der Waals surface area contributed by atoms with E-state index in [4.69, 9.17) is 9.47 Å². The maximum Gasteiger partial charge on any atom is 0.343 e. The molecule has 0 amide bonds. The molecule has 0 bridgehead atoms. The molecule has 1 N–H and O–H groups in total. The van der Waals surface area contributed by atoms with Gasteiger partial charge in [-0.05, 0) is 66.1 Å². The Morgan fingerprint density at radius 2 is 1.69 bits per heavy atom. The molecule has 2 atom stereocenters. The van der Waals surface area contributed by atoms with Crippen LogP contribution in [0.4, 0.5) is 5.69 Å². The fraction of sp³-hybridized carbons (Fsp3) is 0.294. The van der Waals surface area contributed by atoms with Crippen molar-refractivity contribution >= 4 is 35.2 Å². The van der Waals surface area contributed by atoms with Crippen molar-refractivity contribution in [2.45, 2.75) is 46.0 Å². The van der Waals surface area contributed by atoms with Crippen LogP contribution >= 0.6 is 11.8 Å². The first-order valence-corrected chi connectivity index (χ1v) is 15.6. The largest absolute Gasteiger partial charge is 0.427 e. The number of anilines is 1. The van der Waals surface area contributed by atoms with E-state index in [-0.39, 0.29) is 22.6 Å². The number of hydrogen-bond donors (Lipinski definition) is 1. The number of fused-ring (bicyclic) bond motifs is 2. The highest BCUT2D eigenvalue weighted by Gasteiger charge is 2.45. The van der Waals surface area contributed by atoms with Gasteiger partial charge in [0.1, 0.15) is 0 Å². The van der Waals surface area contributed by atoms with Gasteiger partial charge in [-0.15, -0.1) is 22.0 Å². The van der Waals surface area contributed by atoms with Gasteiger partial charge in [0.05, 0.1) is 28.0 Å². The van der Waals surface area contributed by atoms with Gasteiger partial charge in [-0.1, -0.05) is 67.6 Å². The molecule has 1 aromatic heterocycles. The normalized spacial score (nSPS) is 17.4. The summed E-state index contributed by atoms with van der Waals surface area (Å²) in [5.74, 6) is -0.985. The highest BCUT2D eigenvalue weighted by Crippen LogP contribution is 2.49. The van der Waals surface area contributed by atoms with Crippen molar-refractivity contribution in [3.63, 3.8) is 0 Å². The van der Waals surface area contributed by atoms with Gasteiger partial charge in [-0.3, -0.25) is 9.59 Å². The van der Waals surface area contributed by atoms with Gasteiger partial charge in [0.25, 0.3) is 0 Å². The standard InChI is InChI=1S/C34H33N5O5S/c1-5-22-17-27-29(40)25-11-8-12-26(32(41)43-19-44-33(42)34(2,3)4)28(25)39(31(27)45-22)18-20-13-15-21(16-14-20)23-9-6-7-10-24(23)30-35-37-38-36-30/h6-17,27,31H,5,18-19H2,1-4H3,(H,35,36,37,38). The molecule has 2 unspecified atom stereocenters. The van der Waals surface area contributed by atoms with Crippen LogP contribution in [0.15, 0.2) is 77.7 Å². The molecule has 0 saturated heterocycles. The minimum atomic E-state index is -0.731. The summed E-state index contributed by atoms with van der Waals surface area (Å²) in [6, 6.07) is 21.2. The number of aromatic nitrogens is 4. The van der Waals surface area contributed by atoms with Gasteiger partial charge in [0.15, 0.2) is 5.78 Å². The Labute approximate surface area is 265 Å². The molecule has 45 heavy (non-hydrogen) atoms. The van der Waals surface area contributed by atoms with Crippen molar-refractivity contribution in [1.29, 1.82) is 0 Å². The maximum atomic E-state index is 13.8. The van der Waals surface area contributed by atoms with Crippen LogP contribution in [-0.2, 0) is 20.8 Å². The Balaban J connectivity index is 1.31. The van der Waals surface area contributed by atoms with E-state index in [0.717, 1.165) is 33.6 Å². The lowest BCUT2D eigenvalue weighted by Crippen LogP contribution is -2.44. The van der Waals surface area contributed by atoms with Crippen molar-refractivity contribution in [3.05, 3.63) is 94.4 Å². The topological polar surface area (TPSA) is 127 Å². The van der Waals surface area contributed by atoms with Crippen LogP contribution in [0.3, 0.4) is 0 Å². The molecule has 0 fully saturated rings. The summed E-state index contributed by atoms with van der Waals surface area (Å²) >= 11 is 1.66. The van der Waals surface area contributed by atoms with Gasteiger partial charge >= 0.3 is 11.9 Å². The molecule has 0 radical (unpaired) electrons. The fourth-order valence-electron chi connectivity index (χ4n) is 5.53. The molecule has 2 aliphatic rings. The third-order valence-electron chi connectivity index (χ3n) is 7.84. The number of benzene rings is 3. The number of carbonyl (C=O) groups excluding carboxylic acids is 3. The molecule has 6 rings (SSSR count). The third-order valence-corrected chi connectivity index (χ3v) is 9.35. The molecule has 0 saturated carbocycles. The highest BCUT2D eigenvalue weighted by molar-refractivity contribution is 8.04. The Morgan fingerprint density at radius 1 is 0.956 bits per heavy atom. The first kappa shape index (κ1) is 30.3. The molecule has 4 aromatic rings. The number of nitrogens with zero attached hydrogens (tertiary/aromatic N) is 4. The van der Waals surface area contributed by atoms with Crippen LogP contribution in [0, 0.1) is 11.3 Å². The number of rotatable bonds is 8. The minimum absolute atomic E-state index is 0.0237. The van der Waals surface area contributed by atoms with Gasteiger partial charge in [-0.25, -0.2) is 4.79 Å². The van der Waals surface area contributed by atoms with Crippen molar-refractivity contribution in [2.24, 2.45) is 11.3 Å². The number of allylic oxidation sites excluding steroid dienone is 1. The summed E-state index contributed by atoms with van der Waals surface area (Å²) in [5.41, 5.74) is 4.35. The number of Topliss-reactive ketones (excluding diaryl/α,β-unsaturated/α-hetero) is 1. The number of para-hydroxylation sites is 1. The molecular formula is C34H33N5O5S. The summed E-state index contributed by atoms with van der Waals surface area (Å²) in [7, 11) is 0. The summed E-state index contributed by atoms with van der Waals surface area (Å²) < 4.78 is 10.6. The number of hydrogen-bond acceptors (Lipinski definition) is 10. The van der Waals surface area contributed by atoms with E-state index in [1.807, 2.05) is 48.5 Å². The SMILES string of the molecule is CCC1=CC2C(=O)c3cccc(C(=O)OCOC(=O)C(C)(C)C)c3N(Cc3ccc(-c4ccccc4-c4nn[nH]n4)cc3)C2S1. The third kappa shape index (κ3) is 6.00. The first-order valence-electron chi connectivity index (χ1n) is 14.7. The van der Waals surface area contributed by atoms with Crippen molar-refractivity contribution in [2.75, 3.05) is 11.7 Å². The Bertz CT molecular complexity index is 1780. The summed E-state index contributed by atoms with van der Waals surface area (Å²) in [5, 5.41) is 14.3. The molecule has 230 valence electrons. The van der Waals surface area contributed by atoms with Crippen LogP contribution in [0.5, 0.6) is 0 Å². The second-order valence-corrected chi connectivity index (χ2v) is 13.2. The number of esters is 2. The predicted octanol–water partition coefficient (Wildman–Crippen LogP) is 6.42. The molecule has 3 heterocycles. The lowest BCUT2D eigenvalue weighted by Gasteiger charge is -2.40. The number of ketones is 1. The van der Waals surface area contributed by atoms with Gasteiger partial charge in [-0.2, -0.15) is 5.21 Å². The average molecular weight is 624 g/mol. The predicted molar refractivity (Wildman–Crippen MR) is 171 cm³/mol. The van der Waals surface area contributed by atoms with Crippen LogP contribution in [0.2, 0.25) is 0 Å². The van der Waals surface area contributed by atoms with E-state index in [1.54, 1.807) is 50.7 Å². The molecule has 11 heteroatoms. The number of aromatic amines is 1. The number of thioether (sulfide) groups is 1. The zero-order valence-electron chi connectivity index (χ0n) is 25.4. The molecular weight excluding hydrogens is 590 g/mol. The number of nitrogens with one attached hydrogen (secondary N) is 1. The first-order chi connectivity index (χ1) is 21.7. The lowest BCUT2D eigenvalue weighted by molar-refractivity contribution is -0.161. The molecule has 10 nitrogen and oxygen atoms in total. The zero-order chi connectivity index (χ0) is 31.7. The smallest absolute Gasteiger partial charge is 0.343 e. The van der Waals surface area contributed by atoms with Crippen LogP contribution in [0.25, 0.3) is 22.5 Å². The average Bonchev–Trinajstić information content (AvgIpc) is 3.74. The monoisotopic (exact) mass is 623 g/mol. The number of tetrazole rings is 1.